The molecule has 0 aliphatic carbocycles. The average Bonchev–Trinajstić information content (AvgIpc) is 2.03. The van der Waals surface area contributed by atoms with Crippen molar-refractivity contribution in [2.24, 2.45) is 0 Å². The Morgan fingerprint density at radius 2 is 2.31 bits per heavy atom. The van der Waals surface area contributed by atoms with Crippen LogP contribution in [-0.4, -0.2) is 16.1 Å². The van der Waals surface area contributed by atoms with Crippen molar-refractivity contribution in [1.29, 1.82) is 0 Å². The summed E-state index contributed by atoms with van der Waals surface area (Å²) in [5.41, 5.74) is 2.23. The van der Waals surface area contributed by atoms with E-state index in [0.29, 0.717) is 6.42 Å². The average molecular weight is 179 g/mol. The van der Waals surface area contributed by atoms with Gasteiger partial charge in [0.2, 0.25) is 0 Å². The Morgan fingerprint density at radius 1 is 1.54 bits per heavy atom. The first-order valence-electron chi connectivity index (χ1n) is 4.31. The van der Waals surface area contributed by atoms with Crippen LogP contribution in [0.15, 0.2) is 18.5 Å². The molecule has 0 amide bonds. The smallest absolute Gasteiger partial charge is 0.303 e. The number of carboxylic acid groups (broad SMARTS) is 1. The summed E-state index contributed by atoms with van der Waals surface area (Å²) in [4.78, 5) is 14.3. The molecule has 0 spiro atoms. The van der Waals surface area contributed by atoms with Crippen molar-refractivity contribution >= 4 is 5.97 Å². The van der Waals surface area contributed by atoms with Gasteiger partial charge in [0.1, 0.15) is 0 Å². The highest BCUT2D eigenvalue weighted by atomic mass is 16.4. The molecular weight excluding hydrogens is 166 g/mol. The Kier molecular flexibility index (Phi) is 3.43. The first-order valence-corrected chi connectivity index (χ1v) is 4.31. The number of aliphatic carboxylic acids is 1. The lowest BCUT2D eigenvalue weighted by Crippen LogP contribution is -1.96. The third kappa shape index (κ3) is 3.69. The molecule has 70 valence electrons. The van der Waals surface area contributed by atoms with E-state index < -0.39 is 5.97 Å². The van der Waals surface area contributed by atoms with Crippen molar-refractivity contribution < 1.29 is 9.90 Å². The van der Waals surface area contributed by atoms with Crippen molar-refractivity contribution in [1.82, 2.24) is 4.98 Å². The Labute approximate surface area is 77.4 Å². The van der Waals surface area contributed by atoms with E-state index in [9.17, 15) is 4.79 Å². The van der Waals surface area contributed by atoms with Crippen LogP contribution in [0.3, 0.4) is 0 Å². The predicted octanol–water partition coefficient (Wildman–Crippen LogP) is 1.80. The molecule has 1 aromatic heterocycles. The molecule has 1 aromatic rings. The highest BCUT2D eigenvalue weighted by Crippen LogP contribution is 2.05. The fourth-order valence-corrected chi connectivity index (χ4v) is 1.20. The van der Waals surface area contributed by atoms with Crippen LogP contribution >= 0.6 is 0 Å². The van der Waals surface area contributed by atoms with Crippen LogP contribution in [0.4, 0.5) is 0 Å². The van der Waals surface area contributed by atoms with Gasteiger partial charge >= 0.3 is 5.97 Å². The largest absolute Gasteiger partial charge is 0.481 e. The van der Waals surface area contributed by atoms with E-state index in [1.165, 1.54) is 0 Å². The number of rotatable bonds is 4. The van der Waals surface area contributed by atoms with E-state index in [-0.39, 0.29) is 6.42 Å². The number of aryl methyl sites for hydroxylation is 2. The standard InChI is InChI=1S/C10H13NO2/c1-8-5-9(7-11-6-8)3-2-4-10(12)13/h5-7H,2-4H2,1H3,(H,12,13). The minimum atomic E-state index is -0.736. The quantitative estimate of drug-likeness (QED) is 0.766. The number of pyridine rings is 1. The number of nitrogens with zero attached hydrogens (tertiary/aromatic N) is 1. The van der Waals surface area contributed by atoms with E-state index in [4.69, 9.17) is 5.11 Å². The predicted molar refractivity (Wildman–Crippen MR) is 49.5 cm³/mol. The first-order chi connectivity index (χ1) is 6.18. The second-order valence-corrected chi connectivity index (χ2v) is 3.12. The lowest BCUT2D eigenvalue weighted by Gasteiger charge is -1.99. The number of hydrogen-bond acceptors (Lipinski definition) is 2. The van der Waals surface area contributed by atoms with Gasteiger partial charge in [0.15, 0.2) is 0 Å². The Hall–Kier alpha value is -1.38. The summed E-state index contributed by atoms with van der Waals surface area (Å²) in [5.74, 6) is -0.736. The van der Waals surface area contributed by atoms with Crippen molar-refractivity contribution in [3.63, 3.8) is 0 Å². The van der Waals surface area contributed by atoms with Gasteiger partial charge in [-0.2, -0.15) is 0 Å². The lowest BCUT2D eigenvalue weighted by molar-refractivity contribution is -0.137. The lowest BCUT2D eigenvalue weighted by atomic mass is 10.1. The number of carboxylic acids is 1. The summed E-state index contributed by atoms with van der Waals surface area (Å²) in [6.45, 7) is 1.98. The second kappa shape index (κ2) is 4.60. The molecule has 0 aliphatic heterocycles. The summed E-state index contributed by atoms with van der Waals surface area (Å²) in [6.07, 6.45) is 5.28. The van der Waals surface area contributed by atoms with Gasteiger partial charge in [-0.3, -0.25) is 9.78 Å². The molecule has 13 heavy (non-hydrogen) atoms. The van der Waals surface area contributed by atoms with Gasteiger partial charge in [-0.05, 0) is 30.9 Å². The summed E-state index contributed by atoms with van der Waals surface area (Å²) in [6, 6.07) is 2.04. The topological polar surface area (TPSA) is 50.2 Å². The van der Waals surface area contributed by atoms with E-state index in [2.05, 4.69) is 4.98 Å². The Balaban J connectivity index is 2.41. The van der Waals surface area contributed by atoms with Crippen LogP contribution in [0.1, 0.15) is 24.0 Å². The minimum absolute atomic E-state index is 0.230. The summed E-state index contributed by atoms with van der Waals surface area (Å²) >= 11 is 0. The molecule has 0 bridgehead atoms. The van der Waals surface area contributed by atoms with Crippen molar-refractivity contribution in [3.05, 3.63) is 29.6 Å². The summed E-state index contributed by atoms with van der Waals surface area (Å²) in [5, 5.41) is 8.43. The molecule has 1 heterocycles. The molecule has 0 atom stereocenters. The zero-order valence-corrected chi connectivity index (χ0v) is 7.66. The van der Waals surface area contributed by atoms with Crippen LogP contribution in [0, 0.1) is 6.92 Å². The van der Waals surface area contributed by atoms with E-state index in [0.717, 1.165) is 17.5 Å². The normalized spacial score (nSPS) is 9.92. The number of carbonyl (C=O) groups is 1. The molecule has 3 heteroatoms. The zero-order chi connectivity index (χ0) is 9.68. The fraction of sp³-hybridized carbons (Fsp3) is 0.400. The maximum absolute atomic E-state index is 10.2. The van der Waals surface area contributed by atoms with Gasteiger partial charge in [-0.25, -0.2) is 0 Å². The van der Waals surface area contributed by atoms with Crippen LogP contribution in [-0.2, 0) is 11.2 Å². The van der Waals surface area contributed by atoms with E-state index >= 15 is 0 Å². The van der Waals surface area contributed by atoms with Gasteiger partial charge in [0, 0.05) is 18.8 Å². The van der Waals surface area contributed by atoms with Crippen LogP contribution in [0.25, 0.3) is 0 Å². The molecule has 0 saturated heterocycles. The molecule has 0 radical (unpaired) electrons. The Morgan fingerprint density at radius 3 is 2.92 bits per heavy atom. The SMILES string of the molecule is Cc1cncc(CCCC(=O)O)c1. The third-order valence-electron chi connectivity index (χ3n) is 1.79. The molecular formula is C10H13NO2. The highest BCUT2D eigenvalue weighted by Gasteiger charge is 1.98. The monoisotopic (exact) mass is 179 g/mol. The molecule has 0 unspecified atom stereocenters. The Bertz CT molecular complexity index is 297. The fourth-order valence-electron chi connectivity index (χ4n) is 1.20. The van der Waals surface area contributed by atoms with Gasteiger partial charge < -0.3 is 5.11 Å². The number of aromatic nitrogens is 1. The van der Waals surface area contributed by atoms with Crippen molar-refractivity contribution in [3.8, 4) is 0 Å². The van der Waals surface area contributed by atoms with E-state index in [1.807, 2.05) is 13.0 Å². The highest BCUT2D eigenvalue weighted by molar-refractivity contribution is 5.66. The van der Waals surface area contributed by atoms with Crippen molar-refractivity contribution in [2.75, 3.05) is 0 Å². The van der Waals surface area contributed by atoms with Gasteiger partial charge in [0.05, 0.1) is 0 Å². The van der Waals surface area contributed by atoms with Crippen LogP contribution in [0.5, 0.6) is 0 Å². The molecule has 0 fully saturated rings. The molecule has 0 saturated carbocycles. The van der Waals surface area contributed by atoms with Crippen LogP contribution < -0.4 is 0 Å². The van der Waals surface area contributed by atoms with Gasteiger partial charge in [-0.1, -0.05) is 6.07 Å². The number of hydrogen-bond donors (Lipinski definition) is 1. The first kappa shape index (κ1) is 9.71. The molecule has 1 rings (SSSR count). The molecule has 1 N–H and O–H groups in total. The van der Waals surface area contributed by atoms with Gasteiger partial charge in [0.25, 0.3) is 0 Å². The van der Waals surface area contributed by atoms with Gasteiger partial charge in [-0.15, -0.1) is 0 Å². The maximum Gasteiger partial charge on any atom is 0.303 e. The molecule has 0 aromatic carbocycles. The second-order valence-electron chi connectivity index (χ2n) is 3.12. The van der Waals surface area contributed by atoms with E-state index in [1.54, 1.807) is 12.4 Å². The zero-order valence-electron chi connectivity index (χ0n) is 7.66. The maximum atomic E-state index is 10.2. The summed E-state index contributed by atoms with van der Waals surface area (Å²) in [7, 11) is 0. The summed E-state index contributed by atoms with van der Waals surface area (Å²) < 4.78 is 0. The van der Waals surface area contributed by atoms with Crippen LogP contribution in [0.2, 0.25) is 0 Å². The third-order valence-corrected chi connectivity index (χ3v) is 1.79. The molecule has 3 nitrogen and oxygen atoms in total. The minimum Gasteiger partial charge on any atom is -0.481 e. The van der Waals surface area contributed by atoms with Crippen molar-refractivity contribution in [2.45, 2.75) is 26.2 Å². The molecule has 0 aliphatic rings.